The third-order valence-corrected chi connectivity index (χ3v) is 7.64. The molecule has 0 aromatic heterocycles. The first kappa shape index (κ1) is 27.4. The van der Waals surface area contributed by atoms with Crippen LogP contribution in [0.4, 0.5) is 4.79 Å². The summed E-state index contributed by atoms with van der Waals surface area (Å²) >= 11 is 0. The smallest absolute Gasteiger partial charge is 0.408 e. The fourth-order valence-corrected chi connectivity index (χ4v) is 5.22. The monoisotopic (exact) mass is 510 g/mol. The summed E-state index contributed by atoms with van der Waals surface area (Å²) in [5.41, 5.74) is 1.47. The molecule has 1 unspecified atom stereocenters. The summed E-state index contributed by atoms with van der Waals surface area (Å²) in [6, 6.07) is 25.5. The van der Waals surface area contributed by atoms with E-state index in [4.69, 9.17) is 4.74 Å². The van der Waals surface area contributed by atoms with E-state index >= 15 is 0 Å². The fourth-order valence-electron chi connectivity index (χ4n) is 3.72. The van der Waals surface area contributed by atoms with E-state index in [0.29, 0.717) is 12.0 Å². The predicted molar refractivity (Wildman–Crippen MR) is 140 cm³/mol. The van der Waals surface area contributed by atoms with Crippen molar-refractivity contribution < 1.29 is 23.1 Å². The Labute approximate surface area is 213 Å². The zero-order valence-electron chi connectivity index (χ0n) is 20.7. The van der Waals surface area contributed by atoms with Crippen LogP contribution in [0, 0.1) is 5.92 Å². The van der Waals surface area contributed by atoms with Gasteiger partial charge in [-0.1, -0.05) is 92.7 Å². The van der Waals surface area contributed by atoms with Crippen molar-refractivity contribution in [2.45, 2.75) is 43.9 Å². The highest BCUT2D eigenvalue weighted by Gasteiger charge is 2.31. The topological polar surface area (TPSA) is 95.9 Å². The number of rotatable bonds is 12. The van der Waals surface area contributed by atoms with Crippen molar-refractivity contribution in [2.75, 3.05) is 13.1 Å². The van der Waals surface area contributed by atoms with Crippen molar-refractivity contribution in [1.29, 1.82) is 0 Å². The standard InChI is InChI=1S/C28H34N2O5S/c1-22(2)18-19-30(36(33,34)25-16-10-5-11-17-25)20-26(31)27(24-14-8-4-9-15-24)29-28(32)35-21-23-12-6-3-7-13-23/h3-17,22,26-27,31H,18-21H2,1-2H3,(H,29,32)/t26-,27?/m1/s1. The Balaban J connectivity index is 1.80. The van der Waals surface area contributed by atoms with E-state index < -0.39 is 28.3 Å². The number of ether oxygens (including phenoxy) is 1. The van der Waals surface area contributed by atoms with E-state index in [0.717, 1.165) is 5.56 Å². The van der Waals surface area contributed by atoms with Crippen LogP contribution in [0.5, 0.6) is 0 Å². The van der Waals surface area contributed by atoms with E-state index in [-0.39, 0.29) is 30.5 Å². The molecular weight excluding hydrogens is 476 g/mol. The van der Waals surface area contributed by atoms with Gasteiger partial charge in [0.1, 0.15) is 6.61 Å². The molecule has 3 rings (SSSR count). The highest BCUT2D eigenvalue weighted by molar-refractivity contribution is 7.89. The van der Waals surface area contributed by atoms with Gasteiger partial charge in [-0.15, -0.1) is 0 Å². The van der Waals surface area contributed by atoms with Gasteiger partial charge in [0.05, 0.1) is 17.0 Å². The molecule has 0 aliphatic carbocycles. The minimum absolute atomic E-state index is 0.0766. The third kappa shape index (κ3) is 7.91. The van der Waals surface area contributed by atoms with Crippen LogP contribution in [-0.4, -0.2) is 43.1 Å². The number of hydrogen-bond donors (Lipinski definition) is 2. The van der Waals surface area contributed by atoms with Gasteiger partial charge in [0.15, 0.2) is 0 Å². The number of carbonyl (C=O) groups excluding carboxylic acids is 1. The van der Waals surface area contributed by atoms with Crippen LogP contribution < -0.4 is 5.32 Å². The van der Waals surface area contributed by atoms with Crippen molar-refractivity contribution in [1.82, 2.24) is 9.62 Å². The number of alkyl carbamates (subject to hydrolysis) is 1. The number of hydrogen-bond acceptors (Lipinski definition) is 5. The van der Waals surface area contributed by atoms with E-state index in [9.17, 15) is 18.3 Å². The van der Waals surface area contributed by atoms with Gasteiger partial charge in [0, 0.05) is 13.1 Å². The Bertz CT molecular complexity index is 1170. The molecule has 3 aromatic rings. The van der Waals surface area contributed by atoms with Gasteiger partial charge >= 0.3 is 6.09 Å². The Morgan fingerprint density at radius 1 is 0.917 bits per heavy atom. The molecule has 7 nitrogen and oxygen atoms in total. The molecule has 3 aromatic carbocycles. The van der Waals surface area contributed by atoms with Crippen molar-refractivity contribution >= 4 is 16.1 Å². The van der Waals surface area contributed by atoms with Crippen molar-refractivity contribution in [3.05, 3.63) is 102 Å². The molecule has 0 saturated heterocycles. The van der Waals surface area contributed by atoms with Crippen LogP contribution in [-0.2, 0) is 21.4 Å². The Hall–Kier alpha value is -3.20. The molecule has 0 radical (unpaired) electrons. The summed E-state index contributed by atoms with van der Waals surface area (Å²) < 4.78 is 33.5. The number of nitrogens with zero attached hydrogens (tertiary/aromatic N) is 1. The van der Waals surface area contributed by atoms with Crippen molar-refractivity contribution in [2.24, 2.45) is 5.92 Å². The summed E-state index contributed by atoms with van der Waals surface area (Å²) in [5.74, 6) is 0.270. The molecule has 36 heavy (non-hydrogen) atoms. The summed E-state index contributed by atoms with van der Waals surface area (Å²) in [4.78, 5) is 12.8. The Kier molecular flexibility index (Phi) is 10.0. The first-order chi connectivity index (χ1) is 17.3. The van der Waals surface area contributed by atoms with Crippen LogP contribution in [0.3, 0.4) is 0 Å². The number of carbonyl (C=O) groups is 1. The van der Waals surface area contributed by atoms with Crippen LogP contribution in [0.25, 0.3) is 0 Å². The van der Waals surface area contributed by atoms with Crippen molar-refractivity contribution in [3.8, 4) is 0 Å². The maximum Gasteiger partial charge on any atom is 0.408 e. The molecule has 0 heterocycles. The van der Waals surface area contributed by atoms with E-state index in [1.165, 1.54) is 16.4 Å². The molecule has 2 N–H and O–H groups in total. The maximum absolute atomic E-state index is 13.4. The first-order valence-corrected chi connectivity index (χ1v) is 13.5. The molecule has 8 heteroatoms. The number of aliphatic hydroxyl groups is 1. The average Bonchev–Trinajstić information content (AvgIpc) is 2.89. The van der Waals surface area contributed by atoms with Crippen LogP contribution in [0.2, 0.25) is 0 Å². The number of sulfonamides is 1. The van der Waals surface area contributed by atoms with E-state index in [1.807, 2.05) is 50.2 Å². The second-order valence-corrected chi connectivity index (χ2v) is 11.0. The van der Waals surface area contributed by atoms with Gasteiger partial charge in [0.25, 0.3) is 0 Å². The molecule has 2 atom stereocenters. The second-order valence-electron chi connectivity index (χ2n) is 9.02. The van der Waals surface area contributed by atoms with Crippen LogP contribution in [0.1, 0.15) is 37.4 Å². The maximum atomic E-state index is 13.4. The molecule has 0 bridgehead atoms. The van der Waals surface area contributed by atoms with Gasteiger partial charge in [-0.3, -0.25) is 0 Å². The molecule has 0 spiro atoms. The van der Waals surface area contributed by atoms with Gasteiger partial charge in [-0.25, -0.2) is 13.2 Å². The SMILES string of the molecule is CC(C)CCN(C[C@@H](O)C(NC(=O)OCc1ccccc1)c1ccccc1)S(=O)(=O)c1ccccc1. The zero-order chi connectivity index (χ0) is 26.0. The zero-order valence-corrected chi connectivity index (χ0v) is 21.5. The molecule has 1 amide bonds. The number of benzene rings is 3. The number of amides is 1. The summed E-state index contributed by atoms with van der Waals surface area (Å²) in [6.07, 6.45) is -1.30. The van der Waals surface area contributed by atoms with E-state index in [1.54, 1.807) is 42.5 Å². The second kappa shape index (κ2) is 13.2. The Morgan fingerprint density at radius 2 is 1.47 bits per heavy atom. The largest absolute Gasteiger partial charge is 0.445 e. The summed E-state index contributed by atoms with van der Waals surface area (Å²) in [5, 5.41) is 14.0. The Morgan fingerprint density at radius 3 is 2.06 bits per heavy atom. The van der Waals surface area contributed by atoms with Gasteiger partial charge in [-0.05, 0) is 35.6 Å². The third-order valence-electron chi connectivity index (χ3n) is 5.76. The number of nitrogens with one attached hydrogen (secondary N) is 1. The molecule has 0 saturated carbocycles. The molecule has 192 valence electrons. The lowest BCUT2D eigenvalue weighted by molar-refractivity contribution is 0.0882. The molecule has 0 fully saturated rings. The lowest BCUT2D eigenvalue weighted by Crippen LogP contribution is -2.45. The quantitative estimate of drug-likeness (QED) is 0.367. The molecular formula is C28H34N2O5S. The minimum Gasteiger partial charge on any atom is -0.445 e. The number of aliphatic hydroxyl groups excluding tert-OH is 1. The van der Waals surface area contributed by atoms with Gasteiger partial charge in [0.2, 0.25) is 10.0 Å². The normalized spacial score (nSPS) is 13.4. The average molecular weight is 511 g/mol. The molecule has 0 aliphatic rings. The van der Waals surface area contributed by atoms with Gasteiger partial charge < -0.3 is 15.2 Å². The van der Waals surface area contributed by atoms with Crippen molar-refractivity contribution in [3.63, 3.8) is 0 Å². The van der Waals surface area contributed by atoms with E-state index in [2.05, 4.69) is 5.32 Å². The highest BCUT2D eigenvalue weighted by Crippen LogP contribution is 2.23. The summed E-state index contributed by atoms with van der Waals surface area (Å²) in [6.45, 7) is 4.16. The predicted octanol–water partition coefficient (Wildman–Crippen LogP) is 4.75. The lowest BCUT2D eigenvalue weighted by atomic mass is 10.0. The fraction of sp³-hybridized carbons (Fsp3) is 0.321. The lowest BCUT2D eigenvalue weighted by Gasteiger charge is -2.30. The highest BCUT2D eigenvalue weighted by atomic mass is 32.2. The van der Waals surface area contributed by atoms with Crippen LogP contribution >= 0.6 is 0 Å². The molecule has 0 aliphatic heterocycles. The first-order valence-electron chi connectivity index (χ1n) is 12.0. The minimum atomic E-state index is -3.85. The van der Waals surface area contributed by atoms with Gasteiger partial charge in [-0.2, -0.15) is 4.31 Å². The summed E-state index contributed by atoms with van der Waals surface area (Å²) in [7, 11) is -3.85. The van der Waals surface area contributed by atoms with Crippen LogP contribution in [0.15, 0.2) is 95.9 Å².